The number of rotatable bonds is 2. The molecule has 1 saturated heterocycles. The summed E-state index contributed by atoms with van der Waals surface area (Å²) in [5.41, 5.74) is 4.79. The maximum absolute atomic E-state index is 4.60. The maximum atomic E-state index is 4.60. The van der Waals surface area contributed by atoms with Crippen molar-refractivity contribution in [3.05, 3.63) is 34.7 Å². The molecule has 5 nitrogen and oxygen atoms in total. The monoisotopic (exact) mass is 313 g/mol. The van der Waals surface area contributed by atoms with Gasteiger partial charge in [0.25, 0.3) is 0 Å². The van der Waals surface area contributed by atoms with Crippen LogP contribution in [0.3, 0.4) is 0 Å². The summed E-state index contributed by atoms with van der Waals surface area (Å²) in [7, 11) is 2.02. The highest BCUT2D eigenvalue weighted by atomic mass is 32.1. The van der Waals surface area contributed by atoms with Crippen molar-refractivity contribution in [1.29, 1.82) is 0 Å². The standard InChI is InChI=1S/C16H19N5S/c1-10-14(11(2)20(3)19-10)13-5-4-7-21(13)16-15-12(6-8-22-15)17-9-18-16/h6,8-9,13H,4-5,7H2,1-3H3/t13-/m0/s1. The van der Waals surface area contributed by atoms with Crippen LogP contribution >= 0.6 is 11.3 Å². The third kappa shape index (κ3) is 1.94. The molecule has 0 bridgehead atoms. The first-order valence-corrected chi connectivity index (χ1v) is 8.49. The predicted molar refractivity (Wildman–Crippen MR) is 89.4 cm³/mol. The number of nitrogens with zero attached hydrogens (tertiary/aromatic N) is 5. The van der Waals surface area contributed by atoms with Crippen molar-refractivity contribution < 1.29 is 0 Å². The highest BCUT2D eigenvalue weighted by Gasteiger charge is 2.32. The molecule has 1 fully saturated rings. The van der Waals surface area contributed by atoms with Gasteiger partial charge in [0.2, 0.25) is 0 Å². The Morgan fingerprint density at radius 1 is 1.27 bits per heavy atom. The Labute approximate surface area is 133 Å². The Kier molecular flexibility index (Phi) is 3.14. The van der Waals surface area contributed by atoms with Crippen LogP contribution in [0.15, 0.2) is 17.8 Å². The van der Waals surface area contributed by atoms with Gasteiger partial charge in [0.15, 0.2) is 5.82 Å². The fourth-order valence-electron chi connectivity index (χ4n) is 3.57. The Morgan fingerprint density at radius 3 is 2.91 bits per heavy atom. The molecule has 0 unspecified atom stereocenters. The van der Waals surface area contributed by atoms with Gasteiger partial charge in [0.1, 0.15) is 6.33 Å². The molecule has 1 aliphatic heterocycles. The number of hydrogen-bond acceptors (Lipinski definition) is 5. The number of aromatic nitrogens is 4. The fourth-order valence-corrected chi connectivity index (χ4v) is 4.42. The van der Waals surface area contributed by atoms with Crippen LogP contribution in [-0.2, 0) is 7.05 Å². The van der Waals surface area contributed by atoms with E-state index in [0.717, 1.165) is 30.0 Å². The quantitative estimate of drug-likeness (QED) is 0.727. The van der Waals surface area contributed by atoms with Crippen LogP contribution in [0, 0.1) is 13.8 Å². The average Bonchev–Trinajstić information content (AvgIpc) is 3.19. The molecule has 1 atom stereocenters. The smallest absolute Gasteiger partial charge is 0.150 e. The predicted octanol–water partition coefficient (Wildman–Crippen LogP) is 3.38. The Hall–Kier alpha value is -1.95. The summed E-state index contributed by atoms with van der Waals surface area (Å²) in [5, 5.41) is 6.69. The minimum Gasteiger partial charge on any atom is -0.348 e. The molecule has 4 heterocycles. The molecule has 3 aromatic heterocycles. The Balaban J connectivity index is 1.83. The first kappa shape index (κ1) is 13.7. The van der Waals surface area contributed by atoms with Crippen molar-refractivity contribution >= 4 is 27.4 Å². The number of aryl methyl sites for hydroxylation is 2. The summed E-state index contributed by atoms with van der Waals surface area (Å²) in [6.45, 7) is 5.31. The minimum atomic E-state index is 0.369. The van der Waals surface area contributed by atoms with Crippen LogP contribution in [0.5, 0.6) is 0 Å². The normalized spacial score (nSPS) is 18.5. The zero-order valence-corrected chi connectivity index (χ0v) is 13.9. The lowest BCUT2D eigenvalue weighted by Crippen LogP contribution is -2.24. The first-order chi connectivity index (χ1) is 10.7. The third-order valence-electron chi connectivity index (χ3n) is 4.65. The van der Waals surface area contributed by atoms with Crippen molar-refractivity contribution in [2.45, 2.75) is 32.7 Å². The van der Waals surface area contributed by atoms with Crippen LogP contribution in [0.1, 0.15) is 35.8 Å². The zero-order valence-electron chi connectivity index (χ0n) is 13.1. The molecule has 0 aromatic carbocycles. The van der Waals surface area contributed by atoms with Gasteiger partial charge in [0, 0.05) is 24.8 Å². The van der Waals surface area contributed by atoms with Gasteiger partial charge in [0.05, 0.1) is 22.0 Å². The second-order valence-electron chi connectivity index (χ2n) is 5.89. The molecular weight excluding hydrogens is 294 g/mol. The van der Waals surface area contributed by atoms with Crippen molar-refractivity contribution in [3.8, 4) is 0 Å². The molecule has 22 heavy (non-hydrogen) atoms. The SMILES string of the molecule is Cc1nn(C)c(C)c1[C@@H]1CCCN1c1ncnc2ccsc12. The highest BCUT2D eigenvalue weighted by molar-refractivity contribution is 7.17. The van der Waals surface area contributed by atoms with E-state index in [1.807, 2.05) is 11.7 Å². The molecule has 0 saturated carbocycles. The number of anilines is 1. The molecule has 0 amide bonds. The minimum absolute atomic E-state index is 0.369. The van der Waals surface area contributed by atoms with E-state index in [-0.39, 0.29) is 0 Å². The molecule has 4 rings (SSSR count). The van der Waals surface area contributed by atoms with Gasteiger partial charge in [-0.3, -0.25) is 4.68 Å². The number of hydrogen-bond donors (Lipinski definition) is 0. The number of thiophene rings is 1. The van der Waals surface area contributed by atoms with Gasteiger partial charge in [-0.25, -0.2) is 9.97 Å². The van der Waals surface area contributed by atoms with Gasteiger partial charge in [-0.15, -0.1) is 11.3 Å². The van der Waals surface area contributed by atoms with E-state index in [1.54, 1.807) is 17.7 Å². The van der Waals surface area contributed by atoms with E-state index >= 15 is 0 Å². The van der Waals surface area contributed by atoms with Crippen LogP contribution < -0.4 is 4.90 Å². The van der Waals surface area contributed by atoms with E-state index in [1.165, 1.54) is 22.4 Å². The summed E-state index contributed by atoms with van der Waals surface area (Å²) < 4.78 is 3.18. The lowest BCUT2D eigenvalue weighted by Gasteiger charge is -2.26. The second kappa shape index (κ2) is 5.05. The van der Waals surface area contributed by atoms with E-state index < -0.39 is 0 Å². The highest BCUT2D eigenvalue weighted by Crippen LogP contribution is 2.40. The van der Waals surface area contributed by atoms with Gasteiger partial charge >= 0.3 is 0 Å². The second-order valence-corrected chi connectivity index (χ2v) is 6.81. The van der Waals surface area contributed by atoms with Gasteiger partial charge < -0.3 is 4.90 Å². The largest absolute Gasteiger partial charge is 0.348 e. The van der Waals surface area contributed by atoms with Gasteiger partial charge in [-0.2, -0.15) is 5.10 Å². The van der Waals surface area contributed by atoms with Crippen LogP contribution in [0.4, 0.5) is 5.82 Å². The molecular formula is C16H19N5S. The topological polar surface area (TPSA) is 46.8 Å². The molecule has 6 heteroatoms. The molecule has 3 aromatic rings. The van der Waals surface area contributed by atoms with Crippen molar-refractivity contribution in [2.24, 2.45) is 7.05 Å². The van der Waals surface area contributed by atoms with Crippen molar-refractivity contribution in [3.63, 3.8) is 0 Å². The van der Waals surface area contributed by atoms with Crippen molar-refractivity contribution in [2.75, 3.05) is 11.4 Å². The Morgan fingerprint density at radius 2 is 2.14 bits per heavy atom. The lowest BCUT2D eigenvalue weighted by atomic mass is 10.0. The molecule has 0 spiro atoms. The van der Waals surface area contributed by atoms with Gasteiger partial charge in [-0.05, 0) is 38.1 Å². The van der Waals surface area contributed by atoms with E-state index in [2.05, 4.69) is 45.3 Å². The first-order valence-electron chi connectivity index (χ1n) is 7.61. The molecule has 0 radical (unpaired) electrons. The summed E-state index contributed by atoms with van der Waals surface area (Å²) >= 11 is 1.72. The van der Waals surface area contributed by atoms with Crippen LogP contribution in [0.25, 0.3) is 10.2 Å². The molecule has 0 aliphatic carbocycles. The Bertz CT molecular complexity index is 834. The fraction of sp³-hybridized carbons (Fsp3) is 0.438. The van der Waals surface area contributed by atoms with Gasteiger partial charge in [-0.1, -0.05) is 0 Å². The van der Waals surface area contributed by atoms with E-state index in [0.29, 0.717) is 6.04 Å². The average molecular weight is 313 g/mol. The third-order valence-corrected chi connectivity index (χ3v) is 5.55. The van der Waals surface area contributed by atoms with Crippen molar-refractivity contribution in [1.82, 2.24) is 19.7 Å². The summed E-state index contributed by atoms with van der Waals surface area (Å²) in [6.07, 6.45) is 4.03. The summed E-state index contributed by atoms with van der Waals surface area (Å²) in [4.78, 5) is 11.4. The molecule has 0 N–H and O–H groups in total. The molecule has 114 valence electrons. The lowest BCUT2D eigenvalue weighted by molar-refractivity contribution is 0.695. The van der Waals surface area contributed by atoms with Crippen LogP contribution in [-0.4, -0.2) is 26.3 Å². The zero-order chi connectivity index (χ0) is 15.3. The molecule has 1 aliphatic rings. The van der Waals surface area contributed by atoms with E-state index in [9.17, 15) is 0 Å². The van der Waals surface area contributed by atoms with E-state index in [4.69, 9.17) is 0 Å². The maximum Gasteiger partial charge on any atom is 0.150 e. The summed E-state index contributed by atoms with van der Waals surface area (Å²) in [6, 6.07) is 2.44. The van der Waals surface area contributed by atoms with Crippen LogP contribution in [0.2, 0.25) is 0 Å². The number of fused-ring (bicyclic) bond motifs is 1. The summed E-state index contributed by atoms with van der Waals surface area (Å²) in [5.74, 6) is 1.07.